The number of aryl methyl sites for hydroxylation is 1. The van der Waals surface area contributed by atoms with E-state index in [0.29, 0.717) is 23.1 Å². The first-order valence-corrected chi connectivity index (χ1v) is 11.2. The van der Waals surface area contributed by atoms with Crippen molar-refractivity contribution in [2.45, 2.75) is 45.1 Å². The number of amides is 2. The second-order valence-electron chi connectivity index (χ2n) is 7.13. The molecule has 0 saturated carbocycles. The van der Waals surface area contributed by atoms with Crippen LogP contribution in [0.5, 0.6) is 0 Å². The molecule has 0 aliphatic carbocycles. The van der Waals surface area contributed by atoms with Crippen LogP contribution in [0.25, 0.3) is 0 Å². The van der Waals surface area contributed by atoms with E-state index < -0.39 is 0 Å². The lowest BCUT2D eigenvalue weighted by atomic mass is 10.1. The summed E-state index contributed by atoms with van der Waals surface area (Å²) in [5.41, 5.74) is 2.62. The van der Waals surface area contributed by atoms with Gasteiger partial charge >= 0.3 is 0 Å². The zero-order valence-corrected chi connectivity index (χ0v) is 18.8. The Morgan fingerprint density at radius 2 is 1.77 bits per heavy atom. The van der Waals surface area contributed by atoms with Crippen LogP contribution in [0.4, 0.5) is 0 Å². The number of nitrogens with zero attached hydrogens (tertiary/aromatic N) is 3. The summed E-state index contributed by atoms with van der Waals surface area (Å²) in [7, 11) is 0. The minimum absolute atomic E-state index is 0.0643. The summed E-state index contributed by atoms with van der Waals surface area (Å²) in [6, 6.07) is 17.2. The van der Waals surface area contributed by atoms with E-state index in [9.17, 15) is 9.59 Å². The summed E-state index contributed by atoms with van der Waals surface area (Å²) in [5.74, 6) is 0.684. The highest BCUT2D eigenvalue weighted by atomic mass is 32.2. The maximum absolute atomic E-state index is 12.5. The van der Waals surface area contributed by atoms with Crippen molar-refractivity contribution in [1.82, 2.24) is 25.4 Å². The molecule has 2 N–H and O–H groups in total. The maximum Gasteiger partial charge on any atom is 0.251 e. The molecule has 162 valence electrons. The number of aromatic nitrogens is 3. The number of carbonyl (C=O) groups excluding carboxylic acids is 2. The van der Waals surface area contributed by atoms with Crippen LogP contribution in [0, 0.1) is 6.92 Å². The molecule has 1 aromatic heterocycles. The van der Waals surface area contributed by atoms with Gasteiger partial charge in [0.25, 0.3) is 5.91 Å². The summed E-state index contributed by atoms with van der Waals surface area (Å²) in [5, 5.41) is 15.0. The largest absolute Gasteiger partial charge is 0.349 e. The first-order chi connectivity index (χ1) is 15.0. The van der Waals surface area contributed by atoms with Crippen LogP contribution < -0.4 is 10.6 Å². The van der Waals surface area contributed by atoms with E-state index in [-0.39, 0.29) is 30.2 Å². The van der Waals surface area contributed by atoms with E-state index in [4.69, 9.17) is 0 Å². The first-order valence-electron chi connectivity index (χ1n) is 10.2. The molecule has 0 saturated heterocycles. The number of hydrogen-bond acceptors (Lipinski definition) is 5. The Kier molecular flexibility index (Phi) is 7.83. The number of benzene rings is 2. The van der Waals surface area contributed by atoms with Crippen molar-refractivity contribution in [2.24, 2.45) is 0 Å². The van der Waals surface area contributed by atoms with E-state index in [2.05, 4.69) is 20.8 Å². The fourth-order valence-corrected chi connectivity index (χ4v) is 4.03. The normalized spacial score (nSPS) is 11.7. The van der Waals surface area contributed by atoms with Crippen molar-refractivity contribution >= 4 is 23.6 Å². The summed E-state index contributed by atoms with van der Waals surface area (Å²) < 4.78 is 1.91. The molecule has 0 radical (unpaired) electrons. The Bertz CT molecular complexity index is 1040. The Balaban J connectivity index is 1.55. The number of hydrogen-bond donors (Lipinski definition) is 2. The van der Waals surface area contributed by atoms with Gasteiger partial charge in [0.05, 0.1) is 18.3 Å². The van der Waals surface area contributed by atoms with Gasteiger partial charge in [0.15, 0.2) is 11.0 Å². The lowest BCUT2D eigenvalue weighted by Crippen LogP contribution is -2.28. The smallest absolute Gasteiger partial charge is 0.251 e. The fraction of sp³-hybridized carbons (Fsp3) is 0.304. The molecule has 0 fully saturated rings. The predicted molar refractivity (Wildman–Crippen MR) is 122 cm³/mol. The van der Waals surface area contributed by atoms with Gasteiger partial charge in [-0.3, -0.25) is 9.59 Å². The molecule has 2 aromatic carbocycles. The fourth-order valence-electron chi connectivity index (χ4n) is 3.19. The van der Waals surface area contributed by atoms with Crippen LogP contribution in [-0.2, 0) is 17.9 Å². The van der Waals surface area contributed by atoms with Crippen LogP contribution >= 0.6 is 11.8 Å². The van der Waals surface area contributed by atoms with Gasteiger partial charge in [-0.05, 0) is 38.0 Å². The predicted octanol–water partition coefficient (Wildman–Crippen LogP) is 3.51. The van der Waals surface area contributed by atoms with Gasteiger partial charge in [0.1, 0.15) is 0 Å². The number of carbonyl (C=O) groups is 2. The second kappa shape index (κ2) is 10.8. The molecule has 0 spiro atoms. The molecule has 0 unspecified atom stereocenters. The van der Waals surface area contributed by atoms with E-state index in [1.54, 1.807) is 6.07 Å². The maximum atomic E-state index is 12.5. The van der Waals surface area contributed by atoms with Crippen LogP contribution in [-0.4, -0.2) is 32.3 Å². The average Bonchev–Trinajstić information content (AvgIpc) is 3.18. The van der Waals surface area contributed by atoms with Crippen molar-refractivity contribution < 1.29 is 9.59 Å². The summed E-state index contributed by atoms with van der Waals surface area (Å²) >= 11 is 1.34. The molecule has 3 rings (SSSR count). The zero-order chi connectivity index (χ0) is 22.2. The van der Waals surface area contributed by atoms with Crippen molar-refractivity contribution in [3.63, 3.8) is 0 Å². The Hall–Kier alpha value is -3.13. The lowest BCUT2D eigenvalue weighted by Gasteiger charge is -2.14. The number of thioether (sulfide) groups is 1. The molecular formula is C23H27N5O2S. The highest BCUT2D eigenvalue weighted by Crippen LogP contribution is 2.18. The zero-order valence-electron chi connectivity index (χ0n) is 18.0. The molecule has 31 heavy (non-hydrogen) atoms. The van der Waals surface area contributed by atoms with E-state index in [1.165, 1.54) is 11.8 Å². The molecule has 0 aliphatic rings. The van der Waals surface area contributed by atoms with E-state index in [0.717, 1.165) is 11.1 Å². The topological polar surface area (TPSA) is 88.9 Å². The third-order valence-corrected chi connectivity index (χ3v) is 5.88. The molecule has 0 bridgehead atoms. The molecule has 3 aromatic rings. The van der Waals surface area contributed by atoms with E-state index in [1.807, 2.05) is 73.9 Å². The lowest BCUT2D eigenvalue weighted by molar-refractivity contribution is -0.119. The quantitative estimate of drug-likeness (QED) is 0.500. The molecule has 7 nitrogen and oxygen atoms in total. The van der Waals surface area contributed by atoms with Crippen LogP contribution in [0.1, 0.15) is 47.2 Å². The molecule has 0 aliphatic heterocycles. The van der Waals surface area contributed by atoms with Crippen LogP contribution in [0.15, 0.2) is 59.8 Å². The number of rotatable bonds is 9. The third-order valence-electron chi connectivity index (χ3n) is 4.92. The monoisotopic (exact) mass is 437 g/mol. The minimum atomic E-state index is -0.146. The Labute approximate surface area is 186 Å². The second-order valence-corrected chi connectivity index (χ2v) is 8.07. The summed E-state index contributed by atoms with van der Waals surface area (Å²) in [6.45, 7) is 6.76. The van der Waals surface area contributed by atoms with Crippen molar-refractivity contribution in [1.29, 1.82) is 0 Å². The molecule has 8 heteroatoms. The SMILES string of the molecule is CCn1c(CNC(=O)c2ccccc2C)nnc1SCC(=O)N[C@H](C)c1ccccc1. The standard InChI is InChI=1S/C23H27N5O2S/c1-4-28-20(14-24-22(30)19-13-9-8-10-16(19)2)26-27-23(28)31-15-21(29)25-17(3)18-11-6-5-7-12-18/h5-13,17H,4,14-15H2,1-3H3,(H,24,30)(H,25,29)/t17-/m1/s1. The third kappa shape index (κ3) is 5.95. The van der Waals surface area contributed by atoms with Gasteiger partial charge in [-0.25, -0.2) is 0 Å². The van der Waals surface area contributed by atoms with Gasteiger partial charge in [-0.1, -0.05) is 60.3 Å². The highest BCUT2D eigenvalue weighted by molar-refractivity contribution is 7.99. The van der Waals surface area contributed by atoms with Gasteiger partial charge in [-0.2, -0.15) is 0 Å². The van der Waals surface area contributed by atoms with Crippen molar-refractivity contribution in [3.8, 4) is 0 Å². The van der Waals surface area contributed by atoms with Gasteiger partial charge in [0.2, 0.25) is 5.91 Å². The minimum Gasteiger partial charge on any atom is -0.349 e. The van der Waals surface area contributed by atoms with Gasteiger partial charge in [-0.15, -0.1) is 10.2 Å². The van der Waals surface area contributed by atoms with Gasteiger partial charge < -0.3 is 15.2 Å². The first kappa shape index (κ1) is 22.6. The summed E-state index contributed by atoms with van der Waals surface area (Å²) in [6.07, 6.45) is 0. The van der Waals surface area contributed by atoms with Crippen LogP contribution in [0.3, 0.4) is 0 Å². The molecular weight excluding hydrogens is 410 g/mol. The number of nitrogens with one attached hydrogen (secondary N) is 2. The Morgan fingerprint density at radius 3 is 2.48 bits per heavy atom. The molecule has 1 heterocycles. The molecule has 1 atom stereocenters. The molecule has 2 amide bonds. The Morgan fingerprint density at radius 1 is 1.06 bits per heavy atom. The van der Waals surface area contributed by atoms with E-state index >= 15 is 0 Å². The van der Waals surface area contributed by atoms with Crippen molar-refractivity contribution in [2.75, 3.05) is 5.75 Å². The average molecular weight is 438 g/mol. The highest BCUT2D eigenvalue weighted by Gasteiger charge is 2.16. The van der Waals surface area contributed by atoms with Crippen molar-refractivity contribution in [3.05, 3.63) is 77.1 Å². The van der Waals surface area contributed by atoms with Gasteiger partial charge in [0, 0.05) is 12.1 Å². The van der Waals surface area contributed by atoms with Crippen LogP contribution in [0.2, 0.25) is 0 Å². The summed E-state index contributed by atoms with van der Waals surface area (Å²) in [4.78, 5) is 24.8.